The minimum Gasteiger partial charge on any atom is -0.370 e. The highest BCUT2D eigenvalue weighted by molar-refractivity contribution is 9.10. The SMILES string of the molecule is CC(C)c1ccccc1NC1C(=O)Nc2cc(Br)ccc21. The summed E-state index contributed by atoms with van der Waals surface area (Å²) < 4.78 is 0.963. The van der Waals surface area contributed by atoms with Crippen LogP contribution in [-0.2, 0) is 4.79 Å². The Bertz CT molecular complexity index is 697. The smallest absolute Gasteiger partial charge is 0.251 e. The largest absolute Gasteiger partial charge is 0.370 e. The van der Waals surface area contributed by atoms with Crippen LogP contribution in [0.2, 0.25) is 0 Å². The van der Waals surface area contributed by atoms with Gasteiger partial charge in [0.1, 0.15) is 6.04 Å². The highest BCUT2D eigenvalue weighted by Gasteiger charge is 2.30. The number of para-hydroxylation sites is 1. The minimum absolute atomic E-state index is 0.0124. The molecule has 0 spiro atoms. The van der Waals surface area contributed by atoms with E-state index in [1.165, 1.54) is 5.56 Å². The number of nitrogens with one attached hydrogen (secondary N) is 2. The van der Waals surface area contributed by atoms with Crippen LogP contribution in [0.5, 0.6) is 0 Å². The topological polar surface area (TPSA) is 41.1 Å². The molecule has 0 bridgehead atoms. The number of hydrogen-bond acceptors (Lipinski definition) is 2. The van der Waals surface area contributed by atoms with Gasteiger partial charge in [0.25, 0.3) is 5.91 Å². The zero-order valence-electron chi connectivity index (χ0n) is 12.0. The monoisotopic (exact) mass is 344 g/mol. The lowest BCUT2D eigenvalue weighted by molar-refractivity contribution is -0.116. The maximum Gasteiger partial charge on any atom is 0.251 e. The first-order chi connectivity index (χ1) is 10.1. The molecular formula is C17H17BrN2O. The first-order valence-electron chi connectivity index (χ1n) is 7.02. The minimum atomic E-state index is -0.340. The van der Waals surface area contributed by atoms with E-state index in [0.717, 1.165) is 21.4 Å². The van der Waals surface area contributed by atoms with Crippen LogP contribution in [0.15, 0.2) is 46.9 Å². The molecule has 0 fully saturated rings. The van der Waals surface area contributed by atoms with Crippen molar-refractivity contribution in [3.63, 3.8) is 0 Å². The molecule has 1 aliphatic heterocycles. The molecule has 1 heterocycles. The molecule has 2 aromatic rings. The normalized spacial score (nSPS) is 16.8. The summed E-state index contributed by atoms with van der Waals surface area (Å²) >= 11 is 3.43. The van der Waals surface area contributed by atoms with Gasteiger partial charge in [0, 0.05) is 21.4 Å². The molecule has 0 saturated heterocycles. The van der Waals surface area contributed by atoms with Crippen LogP contribution in [0, 0.1) is 0 Å². The Hall–Kier alpha value is -1.81. The summed E-state index contributed by atoms with van der Waals surface area (Å²) in [7, 11) is 0. The third-order valence-corrected chi connectivity index (χ3v) is 4.22. The highest BCUT2D eigenvalue weighted by atomic mass is 79.9. The number of anilines is 2. The quantitative estimate of drug-likeness (QED) is 0.848. The lowest BCUT2D eigenvalue weighted by atomic mass is 10.00. The molecule has 1 aliphatic rings. The van der Waals surface area contributed by atoms with E-state index in [4.69, 9.17) is 0 Å². The molecule has 0 saturated carbocycles. The van der Waals surface area contributed by atoms with Gasteiger partial charge in [0.2, 0.25) is 0 Å². The molecule has 21 heavy (non-hydrogen) atoms. The fourth-order valence-corrected chi connectivity index (χ4v) is 3.03. The lowest BCUT2D eigenvalue weighted by Crippen LogP contribution is -2.20. The van der Waals surface area contributed by atoms with Gasteiger partial charge in [-0.15, -0.1) is 0 Å². The number of rotatable bonds is 3. The number of amides is 1. The number of carbonyl (C=O) groups excluding carboxylic acids is 1. The summed E-state index contributed by atoms with van der Waals surface area (Å²) in [5, 5.41) is 6.31. The van der Waals surface area contributed by atoms with Crippen molar-refractivity contribution in [3.05, 3.63) is 58.1 Å². The van der Waals surface area contributed by atoms with Gasteiger partial charge in [-0.2, -0.15) is 0 Å². The van der Waals surface area contributed by atoms with Crippen molar-refractivity contribution in [2.75, 3.05) is 10.6 Å². The first-order valence-corrected chi connectivity index (χ1v) is 7.81. The van der Waals surface area contributed by atoms with E-state index >= 15 is 0 Å². The van der Waals surface area contributed by atoms with Gasteiger partial charge in [0.15, 0.2) is 0 Å². The number of benzene rings is 2. The second-order valence-corrected chi connectivity index (χ2v) is 6.46. The lowest BCUT2D eigenvalue weighted by Gasteiger charge is -2.18. The predicted molar refractivity (Wildman–Crippen MR) is 89.7 cm³/mol. The first kappa shape index (κ1) is 14.1. The molecule has 108 valence electrons. The molecular weight excluding hydrogens is 328 g/mol. The van der Waals surface area contributed by atoms with Crippen LogP contribution >= 0.6 is 15.9 Å². The standard InChI is InChI=1S/C17H17BrN2O/c1-10(2)12-5-3-4-6-14(12)19-16-13-8-7-11(18)9-15(13)20-17(16)21/h3-10,16,19H,1-2H3,(H,20,21). The molecule has 2 aromatic carbocycles. The molecule has 4 heteroatoms. The van der Waals surface area contributed by atoms with E-state index in [9.17, 15) is 4.79 Å². The second-order valence-electron chi connectivity index (χ2n) is 5.54. The van der Waals surface area contributed by atoms with Crippen LogP contribution in [0.4, 0.5) is 11.4 Å². The fourth-order valence-electron chi connectivity index (χ4n) is 2.67. The number of hydrogen-bond donors (Lipinski definition) is 2. The zero-order chi connectivity index (χ0) is 15.0. The van der Waals surface area contributed by atoms with Crippen LogP contribution in [-0.4, -0.2) is 5.91 Å². The van der Waals surface area contributed by atoms with Crippen molar-refractivity contribution < 1.29 is 4.79 Å². The van der Waals surface area contributed by atoms with Gasteiger partial charge in [-0.3, -0.25) is 4.79 Å². The Labute approximate surface area is 132 Å². The maximum absolute atomic E-state index is 12.2. The third kappa shape index (κ3) is 2.68. The fraction of sp³-hybridized carbons (Fsp3) is 0.235. The summed E-state index contributed by atoms with van der Waals surface area (Å²) in [6, 6.07) is 13.7. The summed E-state index contributed by atoms with van der Waals surface area (Å²) in [4.78, 5) is 12.2. The number of carbonyl (C=O) groups is 1. The Morgan fingerprint density at radius 3 is 2.71 bits per heavy atom. The van der Waals surface area contributed by atoms with Crippen LogP contribution in [0.1, 0.15) is 36.9 Å². The van der Waals surface area contributed by atoms with E-state index in [0.29, 0.717) is 5.92 Å². The molecule has 2 N–H and O–H groups in total. The van der Waals surface area contributed by atoms with Gasteiger partial charge >= 0.3 is 0 Å². The van der Waals surface area contributed by atoms with Gasteiger partial charge in [-0.25, -0.2) is 0 Å². The predicted octanol–water partition coefficient (Wildman–Crippen LogP) is 4.68. The van der Waals surface area contributed by atoms with Crippen molar-refractivity contribution >= 4 is 33.2 Å². The van der Waals surface area contributed by atoms with Crippen molar-refractivity contribution in [1.29, 1.82) is 0 Å². The summed E-state index contributed by atoms with van der Waals surface area (Å²) in [6.45, 7) is 4.31. The van der Waals surface area contributed by atoms with Crippen molar-refractivity contribution in [2.24, 2.45) is 0 Å². The molecule has 3 nitrogen and oxygen atoms in total. The van der Waals surface area contributed by atoms with Crippen LogP contribution in [0.25, 0.3) is 0 Å². The molecule has 0 radical (unpaired) electrons. The average molecular weight is 345 g/mol. The maximum atomic E-state index is 12.2. The second kappa shape index (κ2) is 5.53. The molecule has 1 atom stereocenters. The van der Waals surface area contributed by atoms with Crippen molar-refractivity contribution in [3.8, 4) is 0 Å². The van der Waals surface area contributed by atoms with Gasteiger partial charge in [0.05, 0.1) is 0 Å². The third-order valence-electron chi connectivity index (χ3n) is 3.73. The Kier molecular flexibility index (Phi) is 3.72. The van der Waals surface area contributed by atoms with Crippen LogP contribution in [0.3, 0.4) is 0 Å². The molecule has 3 rings (SSSR count). The number of fused-ring (bicyclic) bond motifs is 1. The average Bonchev–Trinajstić information content (AvgIpc) is 2.74. The highest BCUT2D eigenvalue weighted by Crippen LogP contribution is 2.36. The van der Waals surface area contributed by atoms with E-state index in [1.807, 2.05) is 36.4 Å². The van der Waals surface area contributed by atoms with E-state index in [1.54, 1.807) is 0 Å². The van der Waals surface area contributed by atoms with E-state index in [-0.39, 0.29) is 11.9 Å². The van der Waals surface area contributed by atoms with Gasteiger partial charge in [-0.05, 0) is 29.7 Å². The zero-order valence-corrected chi connectivity index (χ0v) is 13.6. The van der Waals surface area contributed by atoms with Gasteiger partial charge in [-0.1, -0.05) is 54.0 Å². The Morgan fingerprint density at radius 2 is 1.95 bits per heavy atom. The molecule has 0 aliphatic carbocycles. The Morgan fingerprint density at radius 1 is 1.19 bits per heavy atom. The molecule has 1 amide bonds. The Balaban J connectivity index is 1.95. The molecule has 1 unspecified atom stereocenters. The summed E-state index contributed by atoms with van der Waals surface area (Å²) in [5.41, 5.74) is 4.09. The van der Waals surface area contributed by atoms with Crippen molar-refractivity contribution in [2.45, 2.75) is 25.8 Å². The number of halogens is 1. The molecule has 0 aromatic heterocycles. The van der Waals surface area contributed by atoms with E-state index < -0.39 is 0 Å². The summed E-state index contributed by atoms with van der Waals surface area (Å²) in [6.07, 6.45) is 0. The van der Waals surface area contributed by atoms with Crippen LogP contribution < -0.4 is 10.6 Å². The summed E-state index contributed by atoms with van der Waals surface area (Å²) in [5.74, 6) is 0.393. The van der Waals surface area contributed by atoms with Gasteiger partial charge < -0.3 is 10.6 Å². The van der Waals surface area contributed by atoms with E-state index in [2.05, 4.69) is 46.5 Å². The van der Waals surface area contributed by atoms with Crippen molar-refractivity contribution in [1.82, 2.24) is 0 Å².